The lowest BCUT2D eigenvalue weighted by Gasteiger charge is -2.03. The first-order valence-corrected chi connectivity index (χ1v) is 8.80. The highest BCUT2D eigenvalue weighted by Crippen LogP contribution is 2.32. The Balaban J connectivity index is 1.56. The molecule has 0 saturated heterocycles. The molecule has 4 nitrogen and oxygen atoms in total. The van der Waals surface area contributed by atoms with Gasteiger partial charge in [-0.3, -0.25) is 4.68 Å². The van der Waals surface area contributed by atoms with Crippen LogP contribution in [0.3, 0.4) is 0 Å². The van der Waals surface area contributed by atoms with E-state index in [1.807, 2.05) is 12.3 Å². The smallest absolute Gasteiger partial charge is 0.156 e. The van der Waals surface area contributed by atoms with Gasteiger partial charge in [-0.25, -0.2) is 4.98 Å². The summed E-state index contributed by atoms with van der Waals surface area (Å²) in [5.41, 5.74) is 4.38. The zero-order valence-corrected chi connectivity index (χ0v) is 13.4. The highest BCUT2D eigenvalue weighted by Gasteiger charge is 2.23. The largest absolute Gasteiger partial charge is 0.337 e. The quantitative estimate of drug-likeness (QED) is 0.599. The first-order valence-electron chi connectivity index (χ1n) is 7.93. The molecule has 1 fully saturated rings. The first-order chi connectivity index (χ1) is 11.4. The van der Waals surface area contributed by atoms with Gasteiger partial charge in [-0.05, 0) is 54.0 Å². The van der Waals surface area contributed by atoms with Crippen LogP contribution in [0.15, 0.2) is 48.0 Å². The molecule has 0 aliphatic heterocycles. The lowest BCUT2D eigenvalue weighted by atomic mass is 10.2. The number of fused-ring (bicyclic) bond motifs is 1. The van der Waals surface area contributed by atoms with Gasteiger partial charge in [-0.15, -0.1) is 11.3 Å². The Morgan fingerprint density at radius 1 is 1.22 bits per heavy atom. The number of nitrogens with one attached hydrogen (secondary N) is 1. The normalized spacial score (nSPS) is 14.6. The Bertz CT molecular complexity index is 960. The molecule has 1 aliphatic carbocycles. The molecule has 0 unspecified atom stereocenters. The van der Waals surface area contributed by atoms with Gasteiger partial charge in [0.05, 0.1) is 11.0 Å². The second kappa shape index (κ2) is 5.06. The number of imidazole rings is 1. The summed E-state index contributed by atoms with van der Waals surface area (Å²) in [7, 11) is 0. The predicted molar refractivity (Wildman–Crippen MR) is 93.4 cm³/mol. The third-order valence-electron chi connectivity index (χ3n) is 4.37. The van der Waals surface area contributed by atoms with E-state index < -0.39 is 0 Å². The maximum absolute atomic E-state index is 4.75. The van der Waals surface area contributed by atoms with Crippen LogP contribution in [0, 0.1) is 5.92 Å². The Morgan fingerprint density at radius 3 is 3.00 bits per heavy atom. The Labute approximate surface area is 137 Å². The van der Waals surface area contributed by atoms with Gasteiger partial charge >= 0.3 is 0 Å². The van der Waals surface area contributed by atoms with Crippen molar-refractivity contribution >= 4 is 22.4 Å². The van der Waals surface area contributed by atoms with E-state index in [2.05, 4.69) is 50.5 Å². The molecule has 1 N–H and O–H groups in total. The van der Waals surface area contributed by atoms with Crippen LogP contribution in [-0.2, 0) is 6.54 Å². The van der Waals surface area contributed by atoms with Gasteiger partial charge in [0.25, 0.3) is 0 Å². The van der Waals surface area contributed by atoms with Crippen molar-refractivity contribution in [3.05, 3.63) is 48.0 Å². The summed E-state index contributed by atoms with van der Waals surface area (Å²) in [6.45, 7) is 1.000. The second-order valence-corrected chi connectivity index (χ2v) is 7.08. The minimum absolute atomic E-state index is 0.795. The Hall–Kier alpha value is -2.40. The van der Waals surface area contributed by atoms with Crippen LogP contribution in [0.25, 0.3) is 33.0 Å². The van der Waals surface area contributed by atoms with E-state index in [1.54, 1.807) is 11.3 Å². The van der Waals surface area contributed by atoms with Crippen LogP contribution in [0.1, 0.15) is 12.8 Å². The van der Waals surface area contributed by atoms with Gasteiger partial charge in [0.2, 0.25) is 0 Å². The van der Waals surface area contributed by atoms with Crippen LogP contribution >= 0.6 is 11.3 Å². The SMILES string of the molecule is c1csc(-c2ccc3nc(-c4ccnn4CC4CC4)[nH]c3c2)c1. The van der Waals surface area contributed by atoms with Gasteiger partial charge < -0.3 is 4.98 Å². The first kappa shape index (κ1) is 13.1. The Morgan fingerprint density at radius 2 is 2.17 bits per heavy atom. The van der Waals surface area contributed by atoms with Crippen molar-refractivity contribution in [3.8, 4) is 22.0 Å². The monoisotopic (exact) mass is 320 g/mol. The number of thiophene rings is 1. The van der Waals surface area contributed by atoms with Crippen molar-refractivity contribution in [1.82, 2.24) is 19.7 Å². The fraction of sp³-hybridized carbons (Fsp3) is 0.222. The molecule has 1 saturated carbocycles. The van der Waals surface area contributed by atoms with E-state index in [0.717, 1.165) is 35.0 Å². The standard InChI is InChI=1S/C18H16N4S/c1-2-17(23-9-1)13-5-6-14-15(10-13)21-18(20-14)16-7-8-19-22(16)11-12-3-4-12/h1-2,5-10,12H,3-4,11H2,(H,20,21). The van der Waals surface area contributed by atoms with Crippen molar-refractivity contribution in [2.75, 3.05) is 0 Å². The third-order valence-corrected chi connectivity index (χ3v) is 5.29. The number of aromatic amines is 1. The van der Waals surface area contributed by atoms with Crippen LogP contribution in [0.5, 0.6) is 0 Å². The molecule has 3 aromatic heterocycles. The van der Waals surface area contributed by atoms with Crippen molar-refractivity contribution in [2.24, 2.45) is 5.92 Å². The lowest BCUT2D eigenvalue weighted by molar-refractivity contribution is 0.567. The van der Waals surface area contributed by atoms with E-state index in [4.69, 9.17) is 4.98 Å². The van der Waals surface area contributed by atoms with E-state index in [9.17, 15) is 0 Å². The number of hydrogen-bond acceptors (Lipinski definition) is 3. The van der Waals surface area contributed by atoms with Gasteiger partial charge in [-0.2, -0.15) is 5.10 Å². The van der Waals surface area contributed by atoms with E-state index in [1.165, 1.54) is 23.3 Å². The number of nitrogens with zero attached hydrogens (tertiary/aromatic N) is 3. The molecule has 5 heteroatoms. The number of hydrogen-bond donors (Lipinski definition) is 1. The van der Waals surface area contributed by atoms with Gasteiger partial charge in [0.1, 0.15) is 5.69 Å². The van der Waals surface area contributed by atoms with E-state index in [-0.39, 0.29) is 0 Å². The molecule has 5 rings (SSSR count). The molecule has 0 atom stereocenters. The number of benzene rings is 1. The fourth-order valence-corrected chi connectivity index (χ4v) is 3.68. The zero-order valence-electron chi connectivity index (χ0n) is 12.6. The van der Waals surface area contributed by atoms with Crippen LogP contribution in [0.4, 0.5) is 0 Å². The van der Waals surface area contributed by atoms with Crippen LogP contribution in [0.2, 0.25) is 0 Å². The maximum Gasteiger partial charge on any atom is 0.156 e. The molecule has 23 heavy (non-hydrogen) atoms. The van der Waals surface area contributed by atoms with E-state index in [0.29, 0.717) is 0 Å². The number of H-pyrrole nitrogens is 1. The predicted octanol–water partition coefficient (Wildman–Crippen LogP) is 4.56. The average Bonchev–Trinajstić information content (AvgIpc) is 3.01. The maximum atomic E-state index is 4.75. The summed E-state index contributed by atoms with van der Waals surface area (Å²) >= 11 is 1.76. The molecule has 114 valence electrons. The number of aromatic nitrogens is 4. The van der Waals surface area contributed by atoms with Gasteiger partial charge in [0.15, 0.2) is 5.82 Å². The highest BCUT2D eigenvalue weighted by atomic mass is 32.1. The number of rotatable bonds is 4. The minimum atomic E-state index is 0.795. The van der Waals surface area contributed by atoms with Crippen molar-refractivity contribution in [1.29, 1.82) is 0 Å². The van der Waals surface area contributed by atoms with Crippen molar-refractivity contribution in [2.45, 2.75) is 19.4 Å². The molecule has 0 spiro atoms. The molecule has 0 bridgehead atoms. The minimum Gasteiger partial charge on any atom is -0.337 e. The molecule has 1 aromatic carbocycles. The van der Waals surface area contributed by atoms with Crippen molar-refractivity contribution in [3.63, 3.8) is 0 Å². The molecule has 3 heterocycles. The van der Waals surface area contributed by atoms with Gasteiger partial charge in [-0.1, -0.05) is 12.1 Å². The zero-order chi connectivity index (χ0) is 15.2. The van der Waals surface area contributed by atoms with E-state index >= 15 is 0 Å². The molecule has 0 radical (unpaired) electrons. The molecular weight excluding hydrogens is 304 g/mol. The van der Waals surface area contributed by atoms with Crippen molar-refractivity contribution < 1.29 is 0 Å². The summed E-state index contributed by atoms with van der Waals surface area (Å²) in [5, 5.41) is 6.56. The highest BCUT2D eigenvalue weighted by molar-refractivity contribution is 7.13. The third kappa shape index (κ3) is 2.37. The average molecular weight is 320 g/mol. The lowest BCUT2D eigenvalue weighted by Crippen LogP contribution is -2.04. The topological polar surface area (TPSA) is 46.5 Å². The molecule has 4 aromatic rings. The van der Waals surface area contributed by atoms with Crippen LogP contribution in [-0.4, -0.2) is 19.7 Å². The Kier molecular flexibility index (Phi) is 2.88. The summed E-state index contributed by atoms with van der Waals surface area (Å²) in [6.07, 6.45) is 4.51. The van der Waals surface area contributed by atoms with Gasteiger partial charge in [0, 0.05) is 17.6 Å². The molecule has 1 aliphatic rings. The molecule has 0 amide bonds. The summed E-state index contributed by atoms with van der Waals surface area (Å²) in [4.78, 5) is 9.50. The fourth-order valence-electron chi connectivity index (χ4n) is 2.95. The summed E-state index contributed by atoms with van der Waals surface area (Å²) in [6, 6.07) is 12.7. The van der Waals surface area contributed by atoms with Crippen LogP contribution < -0.4 is 0 Å². The molecular formula is C18H16N4S. The second-order valence-electron chi connectivity index (χ2n) is 6.14. The summed E-state index contributed by atoms with van der Waals surface area (Å²) in [5.74, 6) is 1.70. The summed E-state index contributed by atoms with van der Waals surface area (Å²) < 4.78 is 2.08.